The summed E-state index contributed by atoms with van der Waals surface area (Å²) >= 11 is 0. The van der Waals surface area contributed by atoms with Crippen molar-refractivity contribution in [3.63, 3.8) is 0 Å². The van der Waals surface area contributed by atoms with Gasteiger partial charge in [0, 0.05) is 28.4 Å². The molecule has 0 aliphatic heterocycles. The van der Waals surface area contributed by atoms with E-state index >= 15 is 0 Å². The topological polar surface area (TPSA) is 40.2 Å². The second kappa shape index (κ2) is 10.4. The summed E-state index contributed by atoms with van der Waals surface area (Å²) in [5.74, 6) is 0.417. The molecule has 7 heteroatoms. The van der Waals surface area contributed by atoms with E-state index in [0.29, 0.717) is 0 Å². The number of rotatable bonds is 10. The average Bonchev–Trinajstić information content (AvgIpc) is 2.38. The Kier molecular flexibility index (Phi) is 10.8. The second-order valence-electron chi connectivity index (χ2n) is 3.80. The molecule has 0 amide bonds. The van der Waals surface area contributed by atoms with Gasteiger partial charge in [-0.05, 0) is 26.8 Å². The molecule has 18 heavy (non-hydrogen) atoms. The van der Waals surface area contributed by atoms with Crippen molar-refractivity contribution in [1.29, 1.82) is 0 Å². The van der Waals surface area contributed by atoms with E-state index in [2.05, 4.69) is 25.7 Å². The molecule has 0 aromatic rings. The lowest BCUT2D eigenvalue weighted by atomic mass is 10.4. The van der Waals surface area contributed by atoms with Gasteiger partial charge in [0.25, 0.3) is 0 Å². The first-order chi connectivity index (χ1) is 8.56. The van der Waals surface area contributed by atoms with Crippen molar-refractivity contribution in [2.45, 2.75) is 38.8 Å². The predicted molar refractivity (Wildman–Crippen MR) is 77.8 cm³/mol. The van der Waals surface area contributed by atoms with Crippen molar-refractivity contribution >= 4 is 16.8 Å². The van der Waals surface area contributed by atoms with Gasteiger partial charge in [-0.1, -0.05) is 6.92 Å². The van der Waals surface area contributed by atoms with Crippen molar-refractivity contribution in [1.82, 2.24) is 4.90 Å². The highest BCUT2D eigenvalue weighted by Gasteiger charge is 2.32. The molecule has 0 aromatic heterocycles. The fourth-order valence-corrected chi connectivity index (χ4v) is 4.68. The highest BCUT2D eigenvalue weighted by atomic mass is 31.2. The number of hydrogen-bond donors (Lipinski definition) is 0. The summed E-state index contributed by atoms with van der Waals surface area (Å²) < 4.78 is 21.6. The van der Waals surface area contributed by atoms with Gasteiger partial charge in [0.2, 0.25) is 0 Å². The van der Waals surface area contributed by atoms with Gasteiger partial charge in [-0.3, -0.25) is 4.90 Å². The van der Waals surface area contributed by atoms with E-state index in [0.717, 1.165) is 13.0 Å². The molecular weight excluding hydrogens is 272 g/mol. The molecule has 110 valence electrons. The van der Waals surface area contributed by atoms with Crippen LogP contribution in [-0.2, 0) is 18.1 Å². The number of nitrogens with zero attached hydrogens (tertiary/aromatic N) is 1. The molecule has 0 saturated carbocycles. The Bertz CT molecular complexity index is 185. The Balaban J connectivity index is 4.80. The van der Waals surface area contributed by atoms with E-state index in [1.54, 1.807) is 28.4 Å². The zero-order chi connectivity index (χ0) is 14.1. The molecule has 0 bridgehead atoms. The van der Waals surface area contributed by atoms with Crippen LogP contribution in [0.1, 0.15) is 27.2 Å². The molecular formula is C11H27NO4P2. The van der Waals surface area contributed by atoms with Crippen LogP contribution in [0.3, 0.4) is 0 Å². The second-order valence-corrected chi connectivity index (χ2v) is 7.90. The quantitative estimate of drug-likeness (QED) is 0.576. The molecule has 0 aliphatic rings. The van der Waals surface area contributed by atoms with E-state index in [-0.39, 0.29) is 11.6 Å². The van der Waals surface area contributed by atoms with Crippen LogP contribution in [0.4, 0.5) is 0 Å². The summed E-state index contributed by atoms with van der Waals surface area (Å²) in [7, 11) is 4.94. The molecule has 2 atom stereocenters. The molecule has 2 unspecified atom stereocenters. The predicted octanol–water partition coefficient (Wildman–Crippen LogP) is 3.60. The smallest absolute Gasteiger partial charge is 0.188 e. The van der Waals surface area contributed by atoms with Crippen LogP contribution in [-0.4, -0.2) is 51.4 Å². The molecule has 0 rings (SSSR count). The summed E-state index contributed by atoms with van der Waals surface area (Å²) in [5.41, 5.74) is 0. The summed E-state index contributed by atoms with van der Waals surface area (Å²) in [4.78, 5) is 2.34. The number of hydrogen-bond acceptors (Lipinski definition) is 5. The first-order valence-corrected chi connectivity index (χ1v) is 8.57. The third-order valence-corrected chi connectivity index (χ3v) is 6.02. The van der Waals surface area contributed by atoms with E-state index in [9.17, 15) is 0 Å². The van der Waals surface area contributed by atoms with Crippen molar-refractivity contribution in [3.05, 3.63) is 0 Å². The summed E-state index contributed by atoms with van der Waals surface area (Å²) in [6.45, 7) is 7.39. The fraction of sp³-hybridized carbons (Fsp3) is 1.00. The monoisotopic (exact) mass is 299 g/mol. The van der Waals surface area contributed by atoms with Gasteiger partial charge < -0.3 is 18.1 Å². The van der Waals surface area contributed by atoms with Crippen molar-refractivity contribution in [3.8, 4) is 0 Å². The van der Waals surface area contributed by atoms with Crippen LogP contribution in [0.15, 0.2) is 0 Å². The van der Waals surface area contributed by atoms with E-state index in [1.165, 1.54) is 0 Å². The molecule has 5 nitrogen and oxygen atoms in total. The average molecular weight is 299 g/mol. The third-order valence-electron chi connectivity index (χ3n) is 2.77. The minimum Gasteiger partial charge on any atom is -0.336 e. The Labute approximate surface area is 114 Å². The standard InChI is InChI=1S/C11H27NO4P2/c1-8-9-12(10(2)17(13-4)14-5)11(3)18(15-6)16-7/h10-11H,8-9H2,1-7H3. The van der Waals surface area contributed by atoms with Gasteiger partial charge >= 0.3 is 0 Å². The van der Waals surface area contributed by atoms with Crippen LogP contribution in [0.2, 0.25) is 0 Å². The van der Waals surface area contributed by atoms with Crippen molar-refractivity contribution in [2.24, 2.45) is 0 Å². The normalized spacial score (nSPS) is 15.7. The SMILES string of the molecule is CCCN(C(C)P(OC)OC)C(C)P(OC)OC. The first-order valence-electron chi connectivity index (χ1n) is 6.07. The van der Waals surface area contributed by atoms with E-state index in [1.807, 2.05) is 0 Å². The van der Waals surface area contributed by atoms with Gasteiger partial charge in [-0.25, -0.2) is 0 Å². The largest absolute Gasteiger partial charge is 0.336 e. The van der Waals surface area contributed by atoms with Crippen LogP contribution in [0.25, 0.3) is 0 Å². The lowest BCUT2D eigenvalue weighted by Gasteiger charge is -2.38. The molecule has 0 radical (unpaired) electrons. The minimum absolute atomic E-state index is 0.209. The maximum absolute atomic E-state index is 5.41. The van der Waals surface area contributed by atoms with Gasteiger partial charge in [0.1, 0.15) is 0 Å². The van der Waals surface area contributed by atoms with Crippen molar-refractivity contribution < 1.29 is 18.1 Å². The molecule has 0 saturated heterocycles. The van der Waals surface area contributed by atoms with Gasteiger partial charge in [0.05, 0.1) is 11.6 Å². The Morgan fingerprint density at radius 3 is 1.39 bits per heavy atom. The molecule has 0 heterocycles. The maximum atomic E-state index is 5.41. The maximum Gasteiger partial charge on any atom is 0.188 e. The van der Waals surface area contributed by atoms with Crippen LogP contribution in [0, 0.1) is 0 Å². The van der Waals surface area contributed by atoms with Gasteiger partial charge in [0.15, 0.2) is 16.8 Å². The molecule has 0 aromatic carbocycles. The summed E-state index contributed by atoms with van der Waals surface area (Å²) in [6, 6.07) is 0. The summed E-state index contributed by atoms with van der Waals surface area (Å²) in [5, 5.41) is 0. The molecule has 0 aliphatic carbocycles. The summed E-state index contributed by atoms with van der Waals surface area (Å²) in [6.07, 6.45) is 1.07. The molecule has 0 N–H and O–H groups in total. The third kappa shape index (κ3) is 5.34. The Morgan fingerprint density at radius 2 is 1.17 bits per heavy atom. The zero-order valence-corrected chi connectivity index (χ0v) is 14.3. The van der Waals surface area contributed by atoms with Gasteiger partial charge in [-0.2, -0.15) is 0 Å². The Hall–Kier alpha value is 0.660. The highest BCUT2D eigenvalue weighted by molar-refractivity contribution is 7.49. The van der Waals surface area contributed by atoms with Crippen LogP contribution < -0.4 is 0 Å². The lowest BCUT2D eigenvalue weighted by Crippen LogP contribution is -2.39. The first kappa shape index (κ1) is 18.7. The fourth-order valence-electron chi connectivity index (χ4n) is 1.95. The van der Waals surface area contributed by atoms with E-state index < -0.39 is 16.8 Å². The van der Waals surface area contributed by atoms with Crippen LogP contribution >= 0.6 is 16.8 Å². The van der Waals surface area contributed by atoms with Crippen LogP contribution in [0.5, 0.6) is 0 Å². The molecule has 0 fully saturated rings. The molecule has 0 spiro atoms. The zero-order valence-electron chi connectivity index (χ0n) is 12.5. The Morgan fingerprint density at radius 1 is 0.833 bits per heavy atom. The highest BCUT2D eigenvalue weighted by Crippen LogP contribution is 2.50. The van der Waals surface area contributed by atoms with Gasteiger partial charge in [-0.15, -0.1) is 0 Å². The van der Waals surface area contributed by atoms with E-state index in [4.69, 9.17) is 18.1 Å². The minimum atomic E-state index is -0.910. The lowest BCUT2D eigenvalue weighted by molar-refractivity contribution is 0.195. The van der Waals surface area contributed by atoms with Crippen molar-refractivity contribution in [2.75, 3.05) is 35.0 Å².